The molecule has 2 aliphatic carbocycles. The van der Waals surface area contributed by atoms with Gasteiger partial charge in [-0.05, 0) is 98.9 Å². The van der Waals surface area contributed by atoms with Gasteiger partial charge in [-0.25, -0.2) is 0 Å². The number of hydrogen-bond donors (Lipinski definition) is 0. The smallest absolute Gasteiger partial charge is 0.160 e. The predicted octanol–water partition coefficient (Wildman–Crippen LogP) is 17.1. The molecule has 4 heteroatoms. The fourth-order valence-corrected chi connectivity index (χ4v) is 10.9. The minimum Gasteiger partial charge on any atom is -0.454 e. The summed E-state index contributed by atoms with van der Waals surface area (Å²) in [5.74, 6) is 0.221. The summed E-state index contributed by atoms with van der Waals surface area (Å²) >= 11 is 0. The molecule has 300 valence electrons. The van der Waals surface area contributed by atoms with E-state index in [0.29, 0.717) is 0 Å². The summed E-state index contributed by atoms with van der Waals surface area (Å²) in [5.41, 5.74) is 13.8. The van der Waals surface area contributed by atoms with Crippen molar-refractivity contribution in [3.05, 3.63) is 223 Å². The molecule has 2 aromatic heterocycles. The molecule has 0 aliphatic heterocycles. The molecule has 1 unspecified atom stereocenters. The lowest BCUT2D eigenvalue weighted by molar-refractivity contribution is 0.669. The summed E-state index contributed by atoms with van der Waals surface area (Å²) in [7, 11) is 0. The van der Waals surface area contributed by atoms with E-state index in [1.807, 2.05) is 0 Å². The summed E-state index contributed by atoms with van der Waals surface area (Å²) in [6.07, 6.45) is 8.12. The van der Waals surface area contributed by atoms with Gasteiger partial charge in [0, 0.05) is 55.7 Å². The summed E-state index contributed by atoms with van der Waals surface area (Å²) in [6.45, 7) is 0. The highest BCUT2D eigenvalue weighted by molar-refractivity contribution is 6.25. The van der Waals surface area contributed by atoms with E-state index in [4.69, 9.17) is 8.83 Å². The van der Waals surface area contributed by atoms with Crippen molar-refractivity contribution < 1.29 is 8.83 Å². The van der Waals surface area contributed by atoms with Crippen LogP contribution in [0.3, 0.4) is 0 Å². The molecule has 0 saturated carbocycles. The highest BCUT2D eigenvalue weighted by Crippen LogP contribution is 2.53. The molecular formula is C60H38N2O2. The van der Waals surface area contributed by atoms with Crippen LogP contribution >= 0.6 is 0 Å². The van der Waals surface area contributed by atoms with Crippen LogP contribution < -0.4 is 9.80 Å². The second-order valence-corrected chi connectivity index (χ2v) is 17.1. The largest absolute Gasteiger partial charge is 0.454 e. The molecule has 12 aromatic rings. The summed E-state index contributed by atoms with van der Waals surface area (Å²) < 4.78 is 13.8. The zero-order chi connectivity index (χ0) is 41.9. The third-order valence-corrected chi connectivity index (χ3v) is 13.6. The average Bonchev–Trinajstić information content (AvgIpc) is 3.95. The van der Waals surface area contributed by atoms with E-state index in [1.54, 1.807) is 0 Å². The number of para-hydroxylation sites is 4. The quantitative estimate of drug-likeness (QED) is 0.167. The lowest BCUT2D eigenvalue weighted by Gasteiger charge is -2.36. The van der Waals surface area contributed by atoms with Gasteiger partial charge in [-0.3, -0.25) is 0 Å². The second-order valence-electron chi connectivity index (χ2n) is 17.1. The SMILES string of the molecule is C1=CC2CC=C(N(c3ccccc3)c3cc4ccccc4c4c3oc3ccccc34)c3ccc4ccc(N(c5ccccc5)c5cc6ccccc6c6c5oc5ccccc56)c1c4c32. The van der Waals surface area contributed by atoms with Crippen molar-refractivity contribution in [2.75, 3.05) is 9.80 Å². The molecular weight excluding hydrogens is 781 g/mol. The summed E-state index contributed by atoms with van der Waals surface area (Å²) in [6, 6.07) is 69.7. The maximum Gasteiger partial charge on any atom is 0.160 e. The standard InChI is InChI=1S/C60H38N2O2/c1-3-17-41(18-4-1)61(51-35-39-15-7-9-21-43(39)57-47-23-11-13-25-53(47)63-59(51)57)49-33-29-37-28-32-46-50(34-30-38-27-31-45(49)55(37)56(38)46)62(42-19-5-2-6-20-42)52-36-40-16-8-10-22-44(40)58-48-24-12-14-26-54(48)64-60(52)58/h1-29,31-36,38H,30H2. The van der Waals surface area contributed by atoms with Gasteiger partial charge >= 0.3 is 0 Å². The molecule has 0 N–H and O–H groups in total. The minimum atomic E-state index is 0.221. The first kappa shape index (κ1) is 35.3. The normalized spacial score (nSPS) is 14.4. The Bertz CT molecular complexity index is 3950. The number of rotatable bonds is 6. The lowest BCUT2D eigenvalue weighted by atomic mass is 9.77. The fraction of sp³-hybridized carbons (Fsp3) is 0.0333. The van der Waals surface area contributed by atoms with Gasteiger partial charge in [-0.1, -0.05) is 158 Å². The number of allylic oxidation sites excluding steroid dienone is 2. The number of furan rings is 2. The Labute approximate surface area is 368 Å². The average molecular weight is 819 g/mol. The van der Waals surface area contributed by atoms with Crippen LogP contribution in [0.1, 0.15) is 29.0 Å². The van der Waals surface area contributed by atoms with E-state index >= 15 is 0 Å². The lowest BCUT2D eigenvalue weighted by Crippen LogP contribution is -2.21. The van der Waals surface area contributed by atoms with Gasteiger partial charge in [0.2, 0.25) is 0 Å². The summed E-state index contributed by atoms with van der Waals surface area (Å²) in [5, 5.41) is 11.8. The Hall–Kier alpha value is -8.34. The molecule has 4 nitrogen and oxygen atoms in total. The third kappa shape index (κ3) is 5.05. The van der Waals surface area contributed by atoms with Crippen LogP contribution in [-0.4, -0.2) is 0 Å². The molecule has 64 heavy (non-hydrogen) atoms. The van der Waals surface area contributed by atoms with Crippen LogP contribution in [0.25, 0.3) is 88.0 Å². The fourth-order valence-electron chi connectivity index (χ4n) is 10.9. The Kier molecular flexibility index (Phi) is 7.48. The molecule has 0 spiro atoms. The molecule has 0 radical (unpaired) electrons. The van der Waals surface area contributed by atoms with Crippen molar-refractivity contribution in [3.63, 3.8) is 0 Å². The molecule has 0 bridgehead atoms. The van der Waals surface area contributed by atoms with Gasteiger partial charge in [-0.2, -0.15) is 0 Å². The third-order valence-electron chi connectivity index (χ3n) is 13.6. The van der Waals surface area contributed by atoms with Crippen molar-refractivity contribution in [2.45, 2.75) is 12.3 Å². The molecule has 2 aliphatic rings. The van der Waals surface area contributed by atoms with E-state index in [1.165, 1.54) is 49.0 Å². The van der Waals surface area contributed by atoms with Crippen molar-refractivity contribution in [1.29, 1.82) is 0 Å². The Balaban J connectivity index is 1.03. The zero-order valence-electron chi connectivity index (χ0n) is 34.7. The topological polar surface area (TPSA) is 32.8 Å². The molecule has 0 saturated heterocycles. The molecule has 1 atom stereocenters. The van der Waals surface area contributed by atoms with Crippen LogP contribution in [0.4, 0.5) is 28.4 Å². The Morgan fingerprint density at radius 2 is 0.938 bits per heavy atom. The zero-order valence-corrected chi connectivity index (χ0v) is 34.7. The van der Waals surface area contributed by atoms with Crippen molar-refractivity contribution >= 4 is 116 Å². The minimum absolute atomic E-state index is 0.221. The van der Waals surface area contributed by atoms with Crippen LogP contribution in [0, 0.1) is 0 Å². The maximum absolute atomic E-state index is 6.90. The van der Waals surface area contributed by atoms with E-state index in [9.17, 15) is 0 Å². The highest BCUT2D eigenvalue weighted by Gasteiger charge is 2.33. The number of nitrogens with zero attached hydrogens (tertiary/aromatic N) is 2. The number of hydrogen-bond acceptors (Lipinski definition) is 4. The van der Waals surface area contributed by atoms with Gasteiger partial charge in [-0.15, -0.1) is 0 Å². The van der Waals surface area contributed by atoms with E-state index in [0.717, 1.165) is 84.4 Å². The van der Waals surface area contributed by atoms with Gasteiger partial charge in [0.15, 0.2) is 11.2 Å². The van der Waals surface area contributed by atoms with Gasteiger partial charge in [0.05, 0.1) is 17.1 Å². The van der Waals surface area contributed by atoms with Crippen LogP contribution in [0.2, 0.25) is 0 Å². The first-order valence-electron chi connectivity index (χ1n) is 22.1. The first-order valence-corrected chi connectivity index (χ1v) is 22.1. The van der Waals surface area contributed by atoms with Gasteiger partial charge in [0.25, 0.3) is 0 Å². The number of fused-ring (bicyclic) bond motifs is 10. The maximum atomic E-state index is 6.90. The highest BCUT2D eigenvalue weighted by atomic mass is 16.3. The molecule has 2 heterocycles. The Morgan fingerprint density at radius 3 is 1.56 bits per heavy atom. The van der Waals surface area contributed by atoms with Crippen LogP contribution in [0.5, 0.6) is 0 Å². The van der Waals surface area contributed by atoms with Gasteiger partial charge in [0.1, 0.15) is 11.2 Å². The molecule has 0 amide bonds. The predicted molar refractivity (Wildman–Crippen MR) is 268 cm³/mol. The van der Waals surface area contributed by atoms with E-state index in [2.05, 4.69) is 222 Å². The monoisotopic (exact) mass is 818 g/mol. The molecule has 10 aromatic carbocycles. The van der Waals surface area contributed by atoms with E-state index < -0.39 is 0 Å². The number of benzene rings is 10. The van der Waals surface area contributed by atoms with E-state index in [-0.39, 0.29) is 5.92 Å². The molecule has 0 fully saturated rings. The van der Waals surface area contributed by atoms with Crippen molar-refractivity contribution in [1.82, 2.24) is 0 Å². The van der Waals surface area contributed by atoms with Gasteiger partial charge < -0.3 is 18.6 Å². The Morgan fingerprint density at radius 1 is 0.422 bits per heavy atom. The number of anilines is 5. The van der Waals surface area contributed by atoms with Crippen molar-refractivity contribution in [3.8, 4) is 0 Å². The van der Waals surface area contributed by atoms with Crippen molar-refractivity contribution in [2.24, 2.45) is 0 Å². The second kappa shape index (κ2) is 13.6. The van der Waals surface area contributed by atoms with Crippen LogP contribution in [0.15, 0.2) is 215 Å². The first-order chi connectivity index (χ1) is 31.8. The van der Waals surface area contributed by atoms with Crippen LogP contribution in [-0.2, 0) is 0 Å². The molecule has 14 rings (SSSR count). The summed E-state index contributed by atoms with van der Waals surface area (Å²) in [4.78, 5) is 4.86.